The highest BCUT2D eigenvalue weighted by Crippen LogP contribution is 2.65. The van der Waals surface area contributed by atoms with Crippen molar-refractivity contribution in [3.8, 4) is 0 Å². The zero-order valence-electron chi connectivity index (χ0n) is 79.9. The Kier molecular flexibility index (Phi) is 36.4. The van der Waals surface area contributed by atoms with Gasteiger partial charge in [-0.25, -0.2) is 4.79 Å². The molecule has 1 aromatic rings. The summed E-state index contributed by atoms with van der Waals surface area (Å²) in [6.45, 7) is 37.2. The predicted molar refractivity (Wildman–Crippen MR) is 441 cm³/mol. The summed E-state index contributed by atoms with van der Waals surface area (Å²) in [5.74, 6) is -18.9. The summed E-state index contributed by atoms with van der Waals surface area (Å²) in [5, 5.41) is 19.5. The van der Waals surface area contributed by atoms with E-state index in [1.807, 2.05) is 65.8 Å². The number of ether oxygens (including phenoxy) is 14. The summed E-state index contributed by atoms with van der Waals surface area (Å²) in [5.41, 5.74) is -12.0. The van der Waals surface area contributed by atoms with E-state index in [2.05, 4.69) is 43.0 Å². The average molecular weight is 2010 g/mol. The molecule has 5 heterocycles. The molecule has 11 rings (SSSR count). The van der Waals surface area contributed by atoms with Crippen molar-refractivity contribution in [2.45, 2.75) is 369 Å². The maximum atomic E-state index is 13.3. The molecule has 0 amide bonds. The molecule has 136 heavy (non-hydrogen) atoms. The Morgan fingerprint density at radius 1 is 0.551 bits per heavy atom. The number of carbonyl (C=O) groups excluding carboxylic acids is 10. The first kappa shape index (κ1) is 116. The lowest BCUT2D eigenvalue weighted by Crippen LogP contribution is -2.64. The van der Waals surface area contributed by atoms with E-state index < -0.39 is 284 Å². The Labute approximate surface area is 778 Å². The van der Waals surface area contributed by atoms with Gasteiger partial charge in [0.15, 0.2) is 41.9 Å². The van der Waals surface area contributed by atoms with Crippen molar-refractivity contribution in [1.82, 2.24) is 0 Å². The van der Waals surface area contributed by atoms with Gasteiger partial charge >= 0.3 is 96.8 Å². The van der Waals surface area contributed by atoms with E-state index in [1.54, 1.807) is 55.4 Å². The number of rotatable bonds is 31. The molecule has 5 saturated heterocycles. The zero-order chi connectivity index (χ0) is 104. The molecular weight excluding hydrogens is 1880 g/mol. The third-order valence-corrected chi connectivity index (χ3v) is 29.2. The van der Waals surface area contributed by atoms with Crippen molar-refractivity contribution in [2.75, 3.05) is 19.4 Å². The highest BCUT2D eigenvalue weighted by Gasteiger charge is 2.79. The van der Waals surface area contributed by atoms with E-state index in [4.69, 9.17) is 56.8 Å². The molecule has 5 aliphatic heterocycles. The molecule has 5 saturated carbocycles. The Morgan fingerprint density at radius 3 is 1.55 bits per heavy atom. The summed E-state index contributed by atoms with van der Waals surface area (Å²) in [6.07, 6.45) is -43.2. The molecule has 4 bridgehead atoms. The van der Waals surface area contributed by atoms with Gasteiger partial charge in [0.05, 0.1) is 60.7 Å². The molecule has 23 unspecified atom stereocenters. The Balaban J connectivity index is 0.000000236. The van der Waals surface area contributed by atoms with Crippen LogP contribution < -0.4 is 0 Å². The average Bonchev–Trinajstić information content (AvgIpc) is 1.54. The third kappa shape index (κ3) is 25.7. The van der Waals surface area contributed by atoms with Crippen LogP contribution in [0.2, 0.25) is 19.6 Å². The van der Waals surface area contributed by atoms with E-state index in [-0.39, 0.29) is 37.1 Å². The minimum absolute atomic E-state index is 0.0510. The molecule has 0 radical (unpaired) electrons. The van der Waals surface area contributed by atoms with Crippen molar-refractivity contribution in [2.24, 2.45) is 86.3 Å². The van der Waals surface area contributed by atoms with Crippen molar-refractivity contribution in [1.29, 1.82) is 0 Å². The molecule has 5 aliphatic carbocycles. The SMILES string of the molecule is CCC(C)(C)C(=O)OC1C(=O)OC2C3OC(C)(c4ccc(COC[Si](C)(C)C)cc4)OC3OC12.CCC(C)(C)C(=O)OC1C2CC3C1OC(=O)C3(C(=O)OC(C(F)(F)F)C(F)(F)F)C2.CCC(C)(C)C(=O)OC1C2CC3C1OC(=O)C3C2C(=O)OCC(F)(F)F.CCC(C)C(=O)OC1CC(C(C)(O)C(F)(F)F)CC(C(O)(C(F)(F)F)C(F)(F)F)C1.CCCCC(CC)COC(=O)C(C)(C)CC. The van der Waals surface area contributed by atoms with Crippen LogP contribution in [0.3, 0.4) is 0 Å². The first-order chi connectivity index (χ1) is 62.0. The van der Waals surface area contributed by atoms with Gasteiger partial charge in [-0.2, -0.15) is 79.0 Å². The molecule has 26 nitrogen and oxygen atoms in total. The zero-order valence-corrected chi connectivity index (χ0v) is 80.9. The second-order valence-corrected chi connectivity index (χ2v) is 46.3. The van der Waals surface area contributed by atoms with E-state index in [1.165, 1.54) is 26.2 Å². The largest absolute Gasteiger partial charge is 0.465 e. The van der Waals surface area contributed by atoms with Crippen molar-refractivity contribution >= 4 is 67.8 Å². The van der Waals surface area contributed by atoms with Crippen LogP contribution >= 0.6 is 0 Å². The second kappa shape index (κ2) is 42.8. The number of unbranched alkanes of at least 4 members (excludes halogenated alkanes) is 1. The topological polar surface area (TPSA) is 340 Å². The van der Waals surface area contributed by atoms with Crippen LogP contribution in [0.1, 0.15) is 232 Å². The van der Waals surface area contributed by atoms with E-state index >= 15 is 0 Å². The van der Waals surface area contributed by atoms with Gasteiger partial charge < -0.3 is 76.5 Å². The number of halogens is 18. The number of esters is 10. The van der Waals surface area contributed by atoms with E-state index in [0.717, 1.165) is 30.2 Å². The number of hydrogen-bond acceptors (Lipinski definition) is 26. The maximum absolute atomic E-state index is 13.3. The fourth-order valence-corrected chi connectivity index (χ4v) is 18.3. The van der Waals surface area contributed by atoms with Gasteiger partial charge in [-0.15, -0.1) is 0 Å². The minimum Gasteiger partial charge on any atom is -0.465 e. The predicted octanol–water partition coefficient (Wildman–Crippen LogP) is 17.9. The van der Waals surface area contributed by atoms with Crippen LogP contribution in [0.25, 0.3) is 0 Å². The second-order valence-electron chi connectivity index (χ2n) is 40.9. The quantitative estimate of drug-likeness (QED) is 0.0229. The normalized spacial score (nSPS) is 29.9. The first-order valence-electron chi connectivity index (χ1n) is 45.6. The lowest BCUT2D eigenvalue weighted by molar-refractivity contribution is -0.391. The number of carbonyl (C=O) groups is 10. The Morgan fingerprint density at radius 2 is 1.07 bits per heavy atom. The lowest BCUT2D eigenvalue weighted by atomic mass is 9.66. The van der Waals surface area contributed by atoms with Gasteiger partial charge in [-0.3, -0.25) is 43.2 Å². The summed E-state index contributed by atoms with van der Waals surface area (Å²) >= 11 is 0. The Hall–Kier alpha value is -7.36. The molecule has 45 heteroatoms. The van der Waals surface area contributed by atoms with Crippen molar-refractivity contribution in [3.05, 3.63) is 35.4 Å². The standard InChI is InChI=1S/C25H36O8Si.C18H20F6O6.C17H23F9O4.C17H21F3O6.C14H28O2/c1-8-24(2,3)23(27)31-19-17-18(29-21(19)26)20-22(30-17)33-25(4,32-20)16-11-9-15(10-12-16)13-28-14-34(5,6)7;1-4-15(2,3)12(25)28-9-7-5-8-10(9)29-13(26)16(8,6-7)14(27)30-11(17(19,20)21)18(22,23)24;1-4-8(2)12(27)30-11-6-9(13(3,28)15(18,19)20)5-10(7-11)14(29,16(21,22)23)17(24,25)26;1-4-16(2,3)15(23)26-12-7-5-8-10(14(22)25-11(8)12)9(7)13(21)24-6-17(18,19)20;1-6-9-10-12(7-2)11-16-13(15)14(4,5)8-3/h9-12,17-20,22H,8,13-14H2,1-7H3;7-11H,4-6H2,1-3H3;8-11,28-29H,4-7H2,1-3H3;7-12H,4-6H2,1-3H3;12H,6-11H2,1-5H3. The molecule has 778 valence electrons. The molecule has 10 aliphatic rings. The van der Waals surface area contributed by atoms with Crippen LogP contribution in [0.5, 0.6) is 0 Å². The number of fused-ring (bicyclic) bond motifs is 5. The van der Waals surface area contributed by atoms with Crippen LogP contribution in [0.4, 0.5) is 79.0 Å². The number of hydrogen-bond donors (Lipinski definition) is 2. The molecule has 10 fully saturated rings. The molecule has 0 aromatic heterocycles. The van der Waals surface area contributed by atoms with Gasteiger partial charge in [-0.1, -0.05) is 119 Å². The highest BCUT2D eigenvalue weighted by atomic mass is 28.3. The summed E-state index contributed by atoms with van der Waals surface area (Å²) in [6, 6.07) is 7.89. The van der Waals surface area contributed by atoms with Crippen LogP contribution in [-0.4, -0.2) is 213 Å². The molecule has 1 aromatic carbocycles. The molecule has 2 N–H and O–H groups in total. The van der Waals surface area contributed by atoms with Crippen LogP contribution in [0.15, 0.2) is 24.3 Å². The smallest absolute Gasteiger partial charge is 0.434 e. The number of alkyl halides is 18. The van der Waals surface area contributed by atoms with Gasteiger partial charge in [0.1, 0.15) is 36.6 Å². The molecule has 0 spiro atoms. The van der Waals surface area contributed by atoms with E-state index in [9.17, 15) is 137 Å². The Bertz CT molecular complexity index is 4300. The third-order valence-electron chi connectivity index (χ3n) is 28.2. The van der Waals surface area contributed by atoms with Gasteiger partial charge in [0.2, 0.25) is 6.10 Å². The lowest BCUT2D eigenvalue weighted by Gasteiger charge is -2.47. The fourth-order valence-electron chi connectivity index (χ4n) is 17.6. The van der Waals surface area contributed by atoms with Gasteiger partial charge in [0.25, 0.3) is 11.7 Å². The highest BCUT2D eigenvalue weighted by molar-refractivity contribution is 6.76. The van der Waals surface area contributed by atoms with E-state index in [0.29, 0.717) is 44.8 Å². The van der Waals surface area contributed by atoms with Gasteiger partial charge in [0, 0.05) is 47.3 Å². The van der Waals surface area contributed by atoms with Crippen molar-refractivity contribution < 1.29 is 204 Å². The number of benzene rings is 1. The molecular formula is C91H128F18O26Si. The summed E-state index contributed by atoms with van der Waals surface area (Å²) in [7, 11) is -1.25. The maximum Gasteiger partial charge on any atom is 0.434 e. The fraction of sp³-hybridized carbons (Fsp3) is 0.824. The summed E-state index contributed by atoms with van der Waals surface area (Å²) in [4.78, 5) is 123. The van der Waals surface area contributed by atoms with Crippen molar-refractivity contribution in [3.63, 3.8) is 0 Å². The first-order valence-corrected chi connectivity index (χ1v) is 49.3. The molecule has 23 atom stereocenters. The minimum atomic E-state index is -6.27. The number of aliphatic hydroxyl groups is 2. The summed E-state index contributed by atoms with van der Waals surface area (Å²) < 4.78 is 308. The van der Waals surface area contributed by atoms with Gasteiger partial charge in [-0.05, 0) is 158 Å². The van der Waals surface area contributed by atoms with Crippen LogP contribution in [0, 0.1) is 86.3 Å². The monoisotopic (exact) mass is 2010 g/mol. The van der Waals surface area contributed by atoms with Crippen LogP contribution in [-0.2, 0) is 127 Å².